The quantitative estimate of drug-likeness (QED) is 0.899. The first kappa shape index (κ1) is 14.4. The predicted octanol–water partition coefficient (Wildman–Crippen LogP) is 1.75. The number of amides is 1. The van der Waals surface area contributed by atoms with E-state index >= 15 is 0 Å². The van der Waals surface area contributed by atoms with Crippen LogP contribution < -0.4 is 10.1 Å². The lowest BCUT2D eigenvalue weighted by Gasteiger charge is -2.25. The lowest BCUT2D eigenvalue weighted by Crippen LogP contribution is -2.49. The van der Waals surface area contributed by atoms with Gasteiger partial charge in [-0.3, -0.25) is 4.79 Å². The average molecular weight is 298 g/mol. The molecule has 2 aliphatic rings. The molecule has 0 aromatic heterocycles. The van der Waals surface area contributed by atoms with E-state index in [1.165, 1.54) is 6.34 Å². The van der Waals surface area contributed by atoms with E-state index in [1.807, 2.05) is 24.3 Å². The number of hydrogen-bond donors (Lipinski definition) is 1. The molecule has 1 N–H and O–H groups in total. The van der Waals surface area contributed by atoms with Crippen LogP contribution in [-0.4, -0.2) is 36.6 Å². The van der Waals surface area contributed by atoms with Crippen LogP contribution in [0.2, 0.25) is 0 Å². The van der Waals surface area contributed by atoms with E-state index in [-0.39, 0.29) is 5.91 Å². The number of hydrogen-bond acceptors (Lipinski definition) is 5. The largest absolute Gasteiger partial charge is 0.497 e. The number of aliphatic imine (C=N–C) groups is 3. The number of carbonyl (C=O) groups is 1. The standard InChI is InChI=1S/C16H18N4O2/c1-3-4-13-19-14-15(21)17-10-18-16(14,20-13)9-11-5-7-12(22-2)8-6-11/h5-8,10H,3-4,9H2,1-2H3,(H,17,18,21). The zero-order valence-corrected chi connectivity index (χ0v) is 12.7. The molecule has 1 unspecified atom stereocenters. The van der Waals surface area contributed by atoms with E-state index in [0.29, 0.717) is 18.0 Å². The second-order valence-corrected chi connectivity index (χ2v) is 5.31. The molecule has 22 heavy (non-hydrogen) atoms. The van der Waals surface area contributed by atoms with Gasteiger partial charge in [-0.25, -0.2) is 15.0 Å². The number of methoxy groups -OCH3 is 1. The van der Waals surface area contributed by atoms with Gasteiger partial charge in [-0.15, -0.1) is 0 Å². The lowest BCUT2D eigenvalue weighted by atomic mass is 9.94. The summed E-state index contributed by atoms with van der Waals surface area (Å²) in [6.07, 6.45) is 3.60. The summed E-state index contributed by atoms with van der Waals surface area (Å²) in [7, 11) is 1.63. The van der Waals surface area contributed by atoms with Crippen molar-refractivity contribution in [1.29, 1.82) is 0 Å². The maximum Gasteiger partial charge on any atom is 0.275 e. The Balaban J connectivity index is 1.93. The van der Waals surface area contributed by atoms with E-state index in [1.54, 1.807) is 7.11 Å². The Morgan fingerprint density at radius 2 is 2.05 bits per heavy atom. The molecule has 1 aromatic carbocycles. The molecule has 1 atom stereocenters. The summed E-state index contributed by atoms with van der Waals surface area (Å²) >= 11 is 0. The van der Waals surface area contributed by atoms with Gasteiger partial charge in [0.15, 0.2) is 5.71 Å². The van der Waals surface area contributed by atoms with Crippen LogP contribution in [0.15, 0.2) is 39.2 Å². The molecule has 1 aromatic rings. The maximum absolute atomic E-state index is 12.1. The molecule has 2 heterocycles. The van der Waals surface area contributed by atoms with Crippen LogP contribution >= 0.6 is 0 Å². The molecule has 0 saturated heterocycles. The smallest absolute Gasteiger partial charge is 0.275 e. The fourth-order valence-corrected chi connectivity index (χ4v) is 2.63. The van der Waals surface area contributed by atoms with Crippen molar-refractivity contribution >= 4 is 23.8 Å². The Morgan fingerprint density at radius 1 is 1.27 bits per heavy atom. The molecule has 1 amide bonds. The van der Waals surface area contributed by atoms with Crippen molar-refractivity contribution in [2.75, 3.05) is 7.11 Å². The van der Waals surface area contributed by atoms with Gasteiger partial charge in [0.25, 0.3) is 5.91 Å². The molecule has 6 heteroatoms. The number of amidine groups is 1. The zero-order valence-electron chi connectivity index (χ0n) is 12.7. The van der Waals surface area contributed by atoms with Crippen molar-refractivity contribution in [2.45, 2.75) is 31.8 Å². The molecule has 0 radical (unpaired) electrons. The molecule has 2 aliphatic heterocycles. The van der Waals surface area contributed by atoms with E-state index in [2.05, 4.69) is 27.2 Å². The Kier molecular flexibility index (Phi) is 3.75. The molecular formula is C16H18N4O2. The second-order valence-electron chi connectivity index (χ2n) is 5.31. The Morgan fingerprint density at radius 3 is 2.73 bits per heavy atom. The van der Waals surface area contributed by atoms with Gasteiger partial charge < -0.3 is 10.1 Å². The number of carbonyl (C=O) groups excluding carboxylic acids is 1. The third kappa shape index (κ3) is 2.52. The third-order valence-corrected chi connectivity index (χ3v) is 3.71. The zero-order chi connectivity index (χ0) is 15.6. The maximum atomic E-state index is 12.1. The van der Waals surface area contributed by atoms with Crippen molar-refractivity contribution < 1.29 is 9.53 Å². The van der Waals surface area contributed by atoms with Crippen molar-refractivity contribution in [3.05, 3.63) is 29.8 Å². The summed E-state index contributed by atoms with van der Waals surface area (Å²) in [5.41, 5.74) is 0.498. The van der Waals surface area contributed by atoms with E-state index in [4.69, 9.17) is 4.74 Å². The number of fused-ring (bicyclic) bond motifs is 1. The summed E-state index contributed by atoms with van der Waals surface area (Å²) in [5.74, 6) is 1.26. The van der Waals surface area contributed by atoms with E-state index < -0.39 is 5.66 Å². The van der Waals surface area contributed by atoms with Gasteiger partial charge in [0.2, 0.25) is 5.66 Å². The molecular weight excluding hydrogens is 280 g/mol. The summed E-state index contributed by atoms with van der Waals surface area (Å²) < 4.78 is 5.17. The van der Waals surface area contributed by atoms with Gasteiger partial charge in [-0.2, -0.15) is 0 Å². The van der Waals surface area contributed by atoms with Crippen LogP contribution in [0.3, 0.4) is 0 Å². The summed E-state index contributed by atoms with van der Waals surface area (Å²) in [6, 6.07) is 7.70. The van der Waals surface area contributed by atoms with Crippen molar-refractivity contribution in [2.24, 2.45) is 15.0 Å². The molecule has 0 saturated carbocycles. The van der Waals surface area contributed by atoms with Crippen LogP contribution in [0.5, 0.6) is 5.75 Å². The SMILES string of the molecule is CCCC1=NC2(Cc3ccc(OC)cc3)N=CNC(=O)C2=N1. The highest BCUT2D eigenvalue weighted by atomic mass is 16.5. The van der Waals surface area contributed by atoms with Gasteiger partial charge >= 0.3 is 0 Å². The molecule has 3 rings (SSSR count). The molecule has 0 fully saturated rings. The Hall–Kier alpha value is -2.50. The Labute approximate surface area is 129 Å². The third-order valence-electron chi connectivity index (χ3n) is 3.71. The van der Waals surface area contributed by atoms with E-state index in [0.717, 1.165) is 24.2 Å². The van der Waals surface area contributed by atoms with Crippen LogP contribution in [0.4, 0.5) is 0 Å². The average Bonchev–Trinajstić information content (AvgIpc) is 2.88. The van der Waals surface area contributed by atoms with Gasteiger partial charge in [0.1, 0.15) is 11.6 Å². The number of rotatable bonds is 5. The molecule has 0 bridgehead atoms. The first-order valence-corrected chi connectivity index (χ1v) is 7.32. The number of benzene rings is 1. The molecule has 0 spiro atoms. The number of ether oxygens (including phenoxy) is 1. The molecule has 6 nitrogen and oxygen atoms in total. The minimum absolute atomic E-state index is 0.224. The lowest BCUT2D eigenvalue weighted by molar-refractivity contribution is -0.113. The first-order chi connectivity index (χ1) is 10.7. The van der Waals surface area contributed by atoms with Gasteiger partial charge in [0.05, 0.1) is 13.4 Å². The minimum Gasteiger partial charge on any atom is -0.497 e. The van der Waals surface area contributed by atoms with Crippen molar-refractivity contribution in [3.63, 3.8) is 0 Å². The monoisotopic (exact) mass is 298 g/mol. The van der Waals surface area contributed by atoms with Crippen molar-refractivity contribution in [1.82, 2.24) is 5.32 Å². The summed E-state index contributed by atoms with van der Waals surface area (Å²) in [6.45, 7) is 2.06. The van der Waals surface area contributed by atoms with Gasteiger partial charge in [-0.05, 0) is 24.1 Å². The molecule has 0 aliphatic carbocycles. The molecule has 114 valence electrons. The topological polar surface area (TPSA) is 75.4 Å². The predicted molar refractivity (Wildman–Crippen MR) is 85.8 cm³/mol. The summed E-state index contributed by atoms with van der Waals surface area (Å²) in [5, 5.41) is 2.59. The summed E-state index contributed by atoms with van der Waals surface area (Å²) in [4.78, 5) is 25.6. The van der Waals surface area contributed by atoms with Gasteiger partial charge in [-0.1, -0.05) is 19.1 Å². The first-order valence-electron chi connectivity index (χ1n) is 7.32. The van der Waals surface area contributed by atoms with Crippen molar-refractivity contribution in [3.8, 4) is 5.75 Å². The second kappa shape index (κ2) is 5.71. The highest BCUT2D eigenvalue weighted by molar-refractivity contribution is 6.47. The normalized spacial score (nSPS) is 22.7. The highest BCUT2D eigenvalue weighted by Gasteiger charge is 2.45. The van der Waals surface area contributed by atoms with E-state index in [9.17, 15) is 4.79 Å². The fourth-order valence-electron chi connectivity index (χ4n) is 2.63. The van der Waals surface area contributed by atoms with Crippen LogP contribution in [0.1, 0.15) is 25.3 Å². The number of nitrogens with one attached hydrogen (secondary N) is 1. The number of nitrogens with zero attached hydrogens (tertiary/aromatic N) is 3. The van der Waals surface area contributed by atoms with Crippen LogP contribution in [0, 0.1) is 0 Å². The van der Waals surface area contributed by atoms with Crippen LogP contribution in [0.25, 0.3) is 0 Å². The minimum atomic E-state index is -0.915. The highest BCUT2D eigenvalue weighted by Crippen LogP contribution is 2.29. The fraction of sp³-hybridized carbons (Fsp3) is 0.375. The van der Waals surface area contributed by atoms with Gasteiger partial charge in [0, 0.05) is 12.8 Å². The Bertz CT molecular complexity index is 676. The van der Waals surface area contributed by atoms with Crippen LogP contribution in [-0.2, 0) is 11.2 Å².